The van der Waals surface area contributed by atoms with Crippen molar-refractivity contribution < 1.29 is 9.53 Å². The highest BCUT2D eigenvalue weighted by Crippen LogP contribution is 2.14. The molecule has 0 N–H and O–H groups in total. The average Bonchev–Trinajstić information content (AvgIpc) is 2.60. The molecule has 0 spiro atoms. The number of fused-ring (bicyclic) bond motifs is 1. The average molecular weight is 316 g/mol. The van der Waals surface area contributed by atoms with Gasteiger partial charge in [0, 0.05) is 5.56 Å². The first kappa shape index (κ1) is 15.7. The zero-order chi connectivity index (χ0) is 16.9. The second kappa shape index (κ2) is 6.93. The molecule has 0 fully saturated rings. The number of ether oxygens (including phenoxy) is 1. The molecule has 3 aromatic rings. The van der Waals surface area contributed by atoms with Gasteiger partial charge in [-0.2, -0.15) is 0 Å². The standard InChI is InChI=1S/C20H16N2O2/c1-3-24-20(23)19-18(13-12-15-9-5-4-8-14(15)2)21-16-10-6-7-11-17(16)22-19/h4-11H,3H2,1-2H3. The Morgan fingerprint density at radius 3 is 2.38 bits per heavy atom. The van der Waals surface area contributed by atoms with Gasteiger partial charge < -0.3 is 4.74 Å². The molecule has 1 aromatic heterocycles. The monoisotopic (exact) mass is 316 g/mol. The van der Waals surface area contributed by atoms with Gasteiger partial charge in [-0.25, -0.2) is 14.8 Å². The Morgan fingerprint density at radius 1 is 1.00 bits per heavy atom. The van der Waals surface area contributed by atoms with Crippen molar-refractivity contribution in [2.45, 2.75) is 13.8 Å². The van der Waals surface area contributed by atoms with Gasteiger partial charge in [0.15, 0.2) is 5.69 Å². The number of nitrogens with zero attached hydrogens (tertiary/aromatic N) is 2. The summed E-state index contributed by atoms with van der Waals surface area (Å²) >= 11 is 0. The van der Waals surface area contributed by atoms with Gasteiger partial charge in [0.25, 0.3) is 0 Å². The van der Waals surface area contributed by atoms with Gasteiger partial charge >= 0.3 is 5.97 Å². The fourth-order valence-corrected chi connectivity index (χ4v) is 2.27. The molecule has 24 heavy (non-hydrogen) atoms. The second-order valence-electron chi connectivity index (χ2n) is 5.19. The van der Waals surface area contributed by atoms with E-state index in [-0.39, 0.29) is 12.3 Å². The molecular weight excluding hydrogens is 300 g/mol. The summed E-state index contributed by atoms with van der Waals surface area (Å²) in [6, 6.07) is 15.2. The van der Waals surface area contributed by atoms with E-state index in [0.29, 0.717) is 16.7 Å². The normalized spacial score (nSPS) is 10.1. The van der Waals surface area contributed by atoms with Crippen LogP contribution in [0.4, 0.5) is 0 Å². The number of aryl methyl sites for hydroxylation is 1. The van der Waals surface area contributed by atoms with E-state index >= 15 is 0 Å². The minimum atomic E-state index is -0.509. The Morgan fingerprint density at radius 2 is 1.67 bits per heavy atom. The molecule has 0 aliphatic heterocycles. The predicted octanol–water partition coefficient (Wildman–Crippen LogP) is 3.51. The van der Waals surface area contributed by atoms with Crippen molar-refractivity contribution in [3.05, 3.63) is 71.0 Å². The molecule has 0 aliphatic carbocycles. The van der Waals surface area contributed by atoms with Crippen LogP contribution in [0.25, 0.3) is 11.0 Å². The quantitative estimate of drug-likeness (QED) is 0.536. The highest BCUT2D eigenvalue weighted by atomic mass is 16.5. The Balaban J connectivity index is 2.13. The molecule has 1 heterocycles. The summed E-state index contributed by atoms with van der Waals surface area (Å²) in [7, 11) is 0. The molecule has 4 heteroatoms. The summed E-state index contributed by atoms with van der Waals surface area (Å²) in [6.45, 7) is 4.02. The number of rotatable bonds is 2. The summed E-state index contributed by atoms with van der Waals surface area (Å²) < 4.78 is 5.08. The molecule has 0 aliphatic rings. The van der Waals surface area contributed by atoms with E-state index in [4.69, 9.17) is 4.74 Å². The SMILES string of the molecule is CCOC(=O)c1nc2ccccc2nc1C#Cc1ccccc1C. The third kappa shape index (κ3) is 3.26. The highest BCUT2D eigenvalue weighted by Gasteiger charge is 2.16. The maximum atomic E-state index is 12.2. The summed E-state index contributed by atoms with van der Waals surface area (Å²) in [5.41, 5.74) is 3.77. The van der Waals surface area contributed by atoms with Gasteiger partial charge in [0.2, 0.25) is 0 Å². The zero-order valence-corrected chi connectivity index (χ0v) is 13.5. The van der Waals surface area contributed by atoms with E-state index in [9.17, 15) is 4.79 Å². The Bertz CT molecular complexity index is 968. The lowest BCUT2D eigenvalue weighted by molar-refractivity contribution is 0.0519. The number of hydrogen-bond donors (Lipinski definition) is 0. The van der Waals surface area contributed by atoms with Gasteiger partial charge in [-0.1, -0.05) is 36.3 Å². The maximum Gasteiger partial charge on any atom is 0.359 e. The van der Waals surface area contributed by atoms with Crippen LogP contribution in [0.15, 0.2) is 48.5 Å². The van der Waals surface area contributed by atoms with Crippen LogP contribution in [0.1, 0.15) is 34.2 Å². The number of carbonyl (C=O) groups excluding carboxylic acids is 1. The lowest BCUT2D eigenvalue weighted by Crippen LogP contribution is -2.11. The van der Waals surface area contributed by atoms with Gasteiger partial charge in [0.05, 0.1) is 17.6 Å². The summed E-state index contributed by atoms with van der Waals surface area (Å²) in [5, 5.41) is 0. The molecule has 4 nitrogen and oxygen atoms in total. The maximum absolute atomic E-state index is 12.2. The number of aromatic nitrogens is 2. The van der Waals surface area contributed by atoms with Gasteiger partial charge in [-0.15, -0.1) is 0 Å². The smallest absolute Gasteiger partial charge is 0.359 e. The van der Waals surface area contributed by atoms with Crippen LogP contribution in [0.2, 0.25) is 0 Å². The number of hydrogen-bond acceptors (Lipinski definition) is 4. The van der Waals surface area contributed by atoms with Crippen LogP contribution in [0.3, 0.4) is 0 Å². The van der Waals surface area contributed by atoms with Crippen molar-refractivity contribution in [2.75, 3.05) is 6.61 Å². The Labute approximate surface area is 140 Å². The second-order valence-corrected chi connectivity index (χ2v) is 5.19. The molecule has 0 saturated heterocycles. The summed E-state index contributed by atoms with van der Waals surface area (Å²) in [5.74, 6) is 5.54. The van der Waals surface area contributed by atoms with Crippen molar-refractivity contribution in [3.8, 4) is 11.8 Å². The molecule has 0 saturated carbocycles. The predicted molar refractivity (Wildman–Crippen MR) is 92.7 cm³/mol. The first-order valence-corrected chi connectivity index (χ1v) is 7.70. The van der Waals surface area contributed by atoms with E-state index in [1.54, 1.807) is 6.92 Å². The Kier molecular flexibility index (Phi) is 4.53. The number of carbonyl (C=O) groups is 1. The van der Waals surface area contributed by atoms with Crippen molar-refractivity contribution in [2.24, 2.45) is 0 Å². The summed E-state index contributed by atoms with van der Waals surface area (Å²) in [4.78, 5) is 21.1. The fourth-order valence-electron chi connectivity index (χ4n) is 2.27. The van der Waals surface area contributed by atoms with E-state index in [0.717, 1.165) is 11.1 Å². The fraction of sp³-hybridized carbons (Fsp3) is 0.150. The van der Waals surface area contributed by atoms with Crippen molar-refractivity contribution >= 4 is 17.0 Å². The molecule has 2 aromatic carbocycles. The molecular formula is C20H16N2O2. The van der Waals surface area contributed by atoms with Crippen LogP contribution in [-0.2, 0) is 4.74 Å². The van der Waals surface area contributed by atoms with Crippen LogP contribution < -0.4 is 0 Å². The zero-order valence-electron chi connectivity index (χ0n) is 13.5. The number of esters is 1. The first-order chi connectivity index (χ1) is 11.7. The molecule has 3 rings (SSSR count). The largest absolute Gasteiger partial charge is 0.461 e. The molecule has 0 atom stereocenters. The van der Waals surface area contributed by atoms with E-state index in [1.807, 2.05) is 55.5 Å². The topological polar surface area (TPSA) is 52.1 Å². The molecule has 0 radical (unpaired) electrons. The highest BCUT2D eigenvalue weighted by molar-refractivity contribution is 5.92. The third-order valence-electron chi connectivity index (χ3n) is 3.50. The van der Waals surface area contributed by atoms with Crippen molar-refractivity contribution in [1.29, 1.82) is 0 Å². The van der Waals surface area contributed by atoms with Crippen LogP contribution in [0, 0.1) is 18.8 Å². The summed E-state index contributed by atoms with van der Waals surface area (Å²) in [6.07, 6.45) is 0. The lowest BCUT2D eigenvalue weighted by Gasteiger charge is -2.05. The van der Waals surface area contributed by atoms with Crippen molar-refractivity contribution in [1.82, 2.24) is 9.97 Å². The Hall–Kier alpha value is -3.19. The number of para-hydroxylation sites is 2. The third-order valence-corrected chi connectivity index (χ3v) is 3.50. The van der Waals surface area contributed by atoms with Gasteiger partial charge in [-0.3, -0.25) is 0 Å². The molecule has 0 unspecified atom stereocenters. The molecule has 0 bridgehead atoms. The minimum Gasteiger partial charge on any atom is -0.461 e. The van der Waals surface area contributed by atoms with E-state index in [1.165, 1.54) is 0 Å². The minimum absolute atomic E-state index is 0.150. The molecule has 118 valence electrons. The first-order valence-electron chi connectivity index (χ1n) is 7.70. The van der Waals surface area contributed by atoms with Gasteiger partial charge in [-0.05, 0) is 43.5 Å². The van der Waals surface area contributed by atoms with E-state index < -0.39 is 5.97 Å². The van der Waals surface area contributed by atoms with Crippen LogP contribution in [0.5, 0.6) is 0 Å². The van der Waals surface area contributed by atoms with Crippen LogP contribution >= 0.6 is 0 Å². The lowest BCUT2D eigenvalue weighted by atomic mass is 10.1. The van der Waals surface area contributed by atoms with Crippen LogP contribution in [-0.4, -0.2) is 22.5 Å². The number of benzene rings is 2. The molecule has 0 amide bonds. The van der Waals surface area contributed by atoms with E-state index in [2.05, 4.69) is 21.8 Å². The van der Waals surface area contributed by atoms with Gasteiger partial charge in [0.1, 0.15) is 5.69 Å². The van der Waals surface area contributed by atoms with Crippen molar-refractivity contribution in [3.63, 3.8) is 0 Å².